The van der Waals surface area contributed by atoms with Crippen molar-refractivity contribution in [2.24, 2.45) is 23.2 Å². The number of nitrogens with one attached hydrogen (secondary N) is 1. The lowest BCUT2D eigenvalue weighted by atomic mass is 9.53. The molecule has 1 aliphatic heterocycles. The molecule has 2 aliphatic carbocycles. The van der Waals surface area contributed by atoms with E-state index in [1.165, 1.54) is 17.0 Å². The van der Waals surface area contributed by atoms with Crippen molar-refractivity contribution in [3.63, 3.8) is 0 Å². The highest BCUT2D eigenvalue weighted by Gasteiger charge is 2.54. The van der Waals surface area contributed by atoms with Gasteiger partial charge in [-0.2, -0.15) is 0 Å². The average Bonchev–Trinajstić information content (AvgIpc) is 3.22. The Morgan fingerprint density at radius 1 is 1.26 bits per heavy atom. The third-order valence-electron chi connectivity index (χ3n) is 8.86. The van der Waals surface area contributed by atoms with E-state index in [0.717, 1.165) is 62.0 Å². The van der Waals surface area contributed by atoms with Crippen molar-refractivity contribution < 1.29 is 14.3 Å². The van der Waals surface area contributed by atoms with Crippen molar-refractivity contribution in [1.29, 1.82) is 0 Å². The third-order valence-corrected chi connectivity index (χ3v) is 9.85. The number of hydrogen-bond donors (Lipinski definition) is 2. The van der Waals surface area contributed by atoms with Gasteiger partial charge in [-0.15, -0.1) is 11.3 Å². The van der Waals surface area contributed by atoms with Crippen LogP contribution in [0.1, 0.15) is 50.1 Å². The van der Waals surface area contributed by atoms with E-state index in [9.17, 15) is 14.3 Å². The normalized spacial score (nSPS) is 32.0. The van der Waals surface area contributed by atoms with Crippen LogP contribution in [0.3, 0.4) is 0 Å². The highest BCUT2D eigenvalue weighted by molar-refractivity contribution is 7.15. The van der Waals surface area contributed by atoms with Crippen LogP contribution in [0.2, 0.25) is 0 Å². The second-order valence-corrected chi connectivity index (χ2v) is 12.3. The van der Waals surface area contributed by atoms with Crippen molar-refractivity contribution >= 4 is 28.1 Å². The van der Waals surface area contributed by atoms with Gasteiger partial charge >= 0.3 is 0 Å². The molecule has 2 fully saturated rings. The zero-order valence-corrected chi connectivity index (χ0v) is 21.9. The van der Waals surface area contributed by atoms with Gasteiger partial charge in [0.15, 0.2) is 5.13 Å². The van der Waals surface area contributed by atoms with E-state index in [0.29, 0.717) is 0 Å². The van der Waals surface area contributed by atoms with Crippen molar-refractivity contribution in [2.45, 2.75) is 52.1 Å². The minimum atomic E-state index is -0.529. The number of benzene rings is 1. The van der Waals surface area contributed by atoms with E-state index in [1.54, 1.807) is 23.5 Å². The summed E-state index contributed by atoms with van der Waals surface area (Å²) >= 11 is 1.66. The number of carbonyl (C=O) groups excluding carboxylic acids is 1. The standard InChI is InChI=1S/C27H37FN4O2S/c1-16(25(34)32-13-11-31(4)12-14-32)20-9-10-27(3)15-21-23(17(2)22(27)24(20)33)30-26(35-21)29-19-7-5-18(28)6-8-19/h5-8,16-17,20,22,24,33H,9-15H2,1-4H3,(H,29,30). The van der Waals surface area contributed by atoms with Gasteiger partial charge in [-0.3, -0.25) is 4.79 Å². The van der Waals surface area contributed by atoms with Crippen LogP contribution in [-0.4, -0.2) is 65.1 Å². The second-order valence-electron chi connectivity index (χ2n) is 11.2. The molecule has 1 aromatic heterocycles. The van der Waals surface area contributed by atoms with Gasteiger partial charge in [0.05, 0.1) is 11.8 Å². The molecule has 0 bridgehead atoms. The fourth-order valence-corrected chi connectivity index (χ4v) is 8.04. The number of aliphatic hydroxyl groups excluding tert-OH is 1. The van der Waals surface area contributed by atoms with Gasteiger partial charge in [0.25, 0.3) is 0 Å². The minimum Gasteiger partial charge on any atom is -0.392 e. The summed E-state index contributed by atoms with van der Waals surface area (Å²) in [5.74, 6) is -0.111. The molecule has 1 aromatic carbocycles. The van der Waals surface area contributed by atoms with Gasteiger partial charge in [-0.05, 0) is 67.8 Å². The zero-order chi connectivity index (χ0) is 24.9. The van der Waals surface area contributed by atoms with E-state index in [-0.39, 0.29) is 40.8 Å². The summed E-state index contributed by atoms with van der Waals surface area (Å²) in [4.78, 5) is 23.7. The summed E-state index contributed by atoms with van der Waals surface area (Å²) in [6.45, 7) is 9.85. The van der Waals surface area contributed by atoms with Gasteiger partial charge in [0, 0.05) is 48.6 Å². The monoisotopic (exact) mass is 500 g/mol. The third kappa shape index (κ3) is 4.60. The summed E-state index contributed by atoms with van der Waals surface area (Å²) in [6, 6.07) is 6.31. The highest BCUT2D eigenvalue weighted by atomic mass is 32.1. The van der Waals surface area contributed by atoms with Crippen LogP contribution < -0.4 is 5.32 Å². The Labute approximate surface area is 211 Å². The molecular weight excluding hydrogens is 463 g/mol. The molecule has 6 unspecified atom stereocenters. The van der Waals surface area contributed by atoms with Crippen molar-refractivity contribution in [2.75, 3.05) is 38.5 Å². The molecule has 6 atom stereocenters. The lowest BCUT2D eigenvalue weighted by Crippen LogP contribution is -2.55. The fourth-order valence-electron chi connectivity index (χ4n) is 6.75. The van der Waals surface area contributed by atoms with E-state index in [1.807, 2.05) is 11.8 Å². The van der Waals surface area contributed by atoms with Crippen LogP contribution in [0, 0.1) is 29.0 Å². The number of rotatable bonds is 4. The highest BCUT2D eigenvalue weighted by Crippen LogP contribution is 2.57. The Bertz CT molecular complexity index is 1070. The molecule has 5 rings (SSSR count). The molecule has 2 heterocycles. The van der Waals surface area contributed by atoms with Crippen molar-refractivity contribution in [1.82, 2.24) is 14.8 Å². The van der Waals surface area contributed by atoms with E-state index in [2.05, 4.69) is 31.1 Å². The Balaban J connectivity index is 1.33. The maximum Gasteiger partial charge on any atom is 0.225 e. The molecule has 1 saturated carbocycles. The molecule has 2 aromatic rings. The molecule has 0 radical (unpaired) electrons. The molecular formula is C27H37FN4O2S. The predicted octanol–water partition coefficient (Wildman–Crippen LogP) is 4.49. The van der Waals surface area contributed by atoms with E-state index < -0.39 is 6.10 Å². The number of likely N-dealkylation sites (N-methyl/N-ethyl adjacent to an activating group) is 1. The summed E-state index contributed by atoms with van der Waals surface area (Å²) in [6.07, 6.45) is 2.24. The lowest BCUT2D eigenvalue weighted by molar-refractivity contribution is -0.146. The Morgan fingerprint density at radius 3 is 2.63 bits per heavy atom. The smallest absolute Gasteiger partial charge is 0.225 e. The van der Waals surface area contributed by atoms with Crippen LogP contribution >= 0.6 is 11.3 Å². The first kappa shape index (κ1) is 24.7. The Kier molecular flexibility index (Phi) is 6.66. The van der Waals surface area contributed by atoms with Crippen molar-refractivity contribution in [3.05, 3.63) is 40.7 Å². The molecule has 0 spiro atoms. The molecule has 3 aliphatic rings. The molecule has 8 heteroatoms. The number of anilines is 2. The van der Waals surface area contributed by atoms with Gasteiger partial charge in [-0.25, -0.2) is 9.37 Å². The van der Waals surface area contributed by atoms with Gasteiger partial charge in [0.2, 0.25) is 5.91 Å². The van der Waals surface area contributed by atoms with Crippen LogP contribution in [0.15, 0.2) is 24.3 Å². The zero-order valence-electron chi connectivity index (χ0n) is 21.1. The van der Waals surface area contributed by atoms with Crippen LogP contribution in [0.5, 0.6) is 0 Å². The number of halogens is 1. The average molecular weight is 501 g/mol. The summed E-state index contributed by atoms with van der Waals surface area (Å²) in [5, 5.41) is 15.8. The number of amides is 1. The van der Waals surface area contributed by atoms with Crippen LogP contribution in [0.25, 0.3) is 0 Å². The number of nitrogens with zero attached hydrogens (tertiary/aromatic N) is 3. The number of thiazole rings is 1. The maximum absolute atomic E-state index is 13.3. The first-order chi connectivity index (χ1) is 16.7. The number of fused-ring (bicyclic) bond motifs is 2. The topological polar surface area (TPSA) is 68.7 Å². The first-order valence-electron chi connectivity index (χ1n) is 12.8. The molecule has 6 nitrogen and oxygen atoms in total. The predicted molar refractivity (Wildman–Crippen MR) is 137 cm³/mol. The molecule has 1 amide bonds. The Hall–Kier alpha value is -2.03. The molecule has 35 heavy (non-hydrogen) atoms. The van der Waals surface area contributed by atoms with Crippen molar-refractivity contribution in [3.8, 4) is 0 Å². The van der Waals surface area contributed by atoms with E-state index >= 15 is 0 Å². The summed E-state index contributed by atoms with van der Waals surface area (Å²) in [5.41, 5.74) is 1.85. The number of piperazine rings is 1. The molecule has 190 valence electrons. The number of aliphatic hydroxyl groups is 1. The second kappa shape index (κ2) is 9.45. The summed E-state index contributed by atoms with van der Waals surface area (Å²) in [7, 11) is 2.09. The number of carbonyl (C=O) groups is 1. The Morgan fingerprint density at radius 2 is 1.94 bits per heavy atom. The fraction of sp³-hybridized carbons (Fsp3) is 0.630. The van der Waals surface area contributed by atoms with Gasteiger partial charge in [-0.1, -0.05) is 20.8 Å². The van der Waals surface area contributed by atoms with Gasteiger partial charge in [0.1, 0.15) is 5.82 Å². The number of aromatic nitrogens is 1. The largest absolute Gasteiger partial charge is 0.392 e. The lowest BCUT2D eigenvalue weighted by Gasteiger charge is -2.53. The van der Waals surface area contributed by atoms with Crippen LogP contribution in [-0.2, 0) is 11.2 Å². The number of hydrogen-bond acceptors (Lipinski definition) is 6. The SMILES string of the molecule is CC(C(=O)N1CCN(C)CC1)C1CCC2(C)Cc3sc(Nc4ccc(F)cc4)nc3C(C)C2C1O. The molecule has 2 N–H and O–H groups in total. The maximum atomic E-state index is 13.3. The van der Waals surface area contributed by atoms with Crippen LogP contribution in [0.4, 0.5) is 15.2 Å². The molecule has 1 saturated heterocycles. The first-order valence-corrected chi connectivity index (χ1v) is 13.7. The summed E-state index contributed by atoms with van der Waals surface area (Å²) < 4.78 is 13.3. The van der Waals surface area contributed by atoms with Gasteiger partial charge < -0.3 is 20.2 Å². The minimum absolute atomic E-state index is 0.0153. The quantitative estimate of drug-likeness (QED) is 0.648. The van der Waals surface area contributed by atoms with E-state index in [4.69, 9.17) is 4.98 Å².